The molecule has 5 atom stereocenters. The van der Waals surface area contributed by atoms with Crippen molar-refractivity contribution in [2.24, 2.45) is 11.3 Å². The lowest BCUT2D eigenvalue weighted by Crippen LogP contribution is -2.59. The summed E-state index contributed by atoms with van der Waals surface area (Å²) in [6.45, 7) is 14.3. The van der Waals surface area contributed by atoms with E-state index in [0.717, 1.165) is 10.9 Å². The van der Waals surface area contributed by atoms with Gasteiger partial charge in [-0.05, 0) is 50.8 Å². The highest BCUT2D eigenvalue weighted by atomic mass is 16.6. The molecule has 2 heterocycles. The minimum atomic E-state index is -1.47. The number of hydrogen-bond donors (Lipinski definition) is 3. The molecule has 11 heteroatoms. The SMILES string of the molecule is C=C[C@@H]1C[C@]1(NC(=O)[C@@H]1C[C@@H](Oc2ccnc3ccccc23)CN1C(=O)[C@@H](NC(=O)OC(C)(C)C)C(C)(C)C)C(=O)O. The van der Waals surface area contributed by atoms with Crippen molar-refractivity contribution in [1.82, 2.24) is 20.5 Å². The highest BCUT2D eigenvalue weighted by Crippen LogP contribution is 2.45. The van der Waals surface area contributed by atoms with Crippen LogP contribution < -0.4 is 15.4 Å². The Kier molecular flexibility index (Phi) is 8.26. The molecule has 0 radical (unpaired) electrons. The van der Waals surface area contributed by atoms with Crippen molar-refractivity contribution in [2.75, 3.05) is 6.54 Å². The number of carboxylic acid groups (broad SMARTS) is 1. The third-order valence-corrected chi connectivity index (χ3v) is 7.55. The average molecular weight is 581 g/mol. The first-order chi connectivity index (χ1) is 19.6. The summed E-state index contributed by atoms with van der Waals surface area (Å²) in [5, 5.41) is 16.0. The molecule has 0 bridgehead atoms. The number of pyridine rings is 1. The molecular weight excluding hydrogens is 540 g/mol. The van der Waals surface area contributed by atoms with Crippen molar-refractivity contribution in [1.29, 1.82) is 0 Å². The first kappa shape index (κ1) is 30.8. The van der Waals surface area contributed by atoms with Crippen LogP contribution in [0.2, 0.25) is 0 Å². The van der Waals surface area contributed by atoms with Crippen molar-refractivity contribution in [3.8, 4) is 5.75 Å². The number of benzene rings is 1. The number of amides is 3. The van der Waals surface area contributed by atoms with Crippen molar-refractivity contribution in [2.45, 2.75) is 83.7 Å². The molecule has 1 aliphatic heterocycles. The van der Waals surface area contributed by atoms with Gasteiger partial charge in [0.05, 0.1) is 12.1 Å². The van der Waals surface area contributed by atoms with E-state index in [1.54, 1.807) is 53.8 Å². The van der Waals surface area contributed by atoms with Crippen molar-refractivity contribution in [3.63, 3.8) is 0 Å². The second-order valence-electron chi connectivity index (χ2n) is 13.1. The van der Waals surface area contributed by atoms with E-state index in [2.05, 4.69) is 22.2 Å². The van der Waals surface area contributed by atoms with Crippen LogP contribution in [0.1, 0.15) is 54.4 Å². The minimum Gasteiger partial charge on any atom is -0.488 e. The number of nitrogens with zero attached hydrogens (tertiary/aromatic N) is 2. The molecule has 2 aliphatic rings. The Hall–Kier alpha value is -4.15. The van der Waals surface area contributed by atoms with E-state index in [0.29, 0.717) is 5.75 Å². The molecule has 0 spiro atoms. The van der Waals surface area contributed by atoms with Gasteiger partial charge in [0.2, 0.25) is 11.8 Å². The number of ether oxygens (including phenoxy) is 2. The summed E-state index contributed by atoms with van der Waals surface area (Å²) in [6, 6.07) is 7.11. The Bertz CT molecular complexity index is 1390. The Balaban J connectivity index is 1.64. The predicted octanol–water partition coefficient (Wildman–Crippen LogP) is 3.67. The molecule has 3 N–H and O–H groups in total. The van der Waals surface area contributed by atoms with Crippen LogP contribution in [0.25, 0.3) is 10.9 Å². The Morgan fingerprint density at radius 2 is 1.83 bits per heavy atom. The molecule has 1 saturated carbocycles. The number of carbonyl (C=O) groups is 4. The highest BCUT2D eigenvalue weighted by molar-refractivity contribution is 5.96. The van der Waals surface area contributed by atoms with Crippen LogP contribution in [-0.2, 0) is 19.1 Å². The zero-order chi connectivity index (χ0) is 31.0. The molecule has 226 valence electrons. The topological polar surface area (TPSA) is 147 Å². The van der Waals surface area contributed by atoms with Gasteiger partial charge >= 0.3 is 12.1 Å². The third-order valence-electron chi connectivity index (χ3n) is 7.55. The highest BCUT2D eigenvalue weighted by Gasteiger charge is 2.61. The average Bonchev–Trinajstić information content (AvgIpc) is 3.45. The van der Waals surface area contributed by atoms with Crippen LogP contribution in [0.4, 0.5) is 4.79 Å². The lowest BCUT2D eigenvalue weighted by atomic mass is 9.85. The van der Waals surface area contributed by atoms with Gasteiger partial charge in [0.15, 0.2) is 0 Å². The summed E-state index contributed by atoms with van der Waals surface area (Å²) in [5.74, 6) is -2.14. The fourth-order valence-corrected chi connectivity index (χ4v) is 5.29. The van der Waals surface area contributed by atoms with E-state index in [1.807, 2.05) is 24.3 Å². The van der Waals surface area contributed by atoms with Crippen molar-refractivity contribution < 1.29 is 33.8 Å². The first-order valence-corrected chi connectivity index (χ1v) is 14.0. The van der Waals surface area contributed by atoms with Gasteiger partial charge in [0, 0.05) is 23.9 Å². The van der Waals surface area contributed by atoms with Gasteiger partial charge in [-0.2, -0.15) is 0 Å². The number of aromatic nitrogens is 1. The number of alkyl carbamates (subject to hydrolysis) is 1. The van der Waals surface area contributed by atoms with Crippen molar-refractivity contribution in [3.05, 3.63) is 49.2 Å². The molecule has 11 nitrogen and oxygen atoms in total. The Morgan fingerprint density at radius 1 is 1.14 bits per heavy atom. The third kappa shape index (κ3) is 6.50. The first-order valence-electron chi connectivity index (χ1n) is 14.0. The second kappa shape index (κ2) is 11.3. The molecule has 2 fully saturated rings. The quantitative estimate of drug-likeness (QED) is 0.401. The van der Waals surface area contributed by atoms with Crippen molar-refractivity contribution >= 4 is 34.8 Å². The number of carbonyl (C=O) groups excluding carboxylic acids is 3. The summed E-state index contributed by atoms with van der Waals surface area (Å²) < 4.78 is 11.7. The van der Waals surface area contributed by atoms with E-state index in [1.165, 1.54) is 11.0 Å². The molecule has 42 heavy (non-hydrogen) atoms. The molecule has 3 amide bonds. The summed E-state index contributed by atoms with van der Waals surface area (Å²) in [5.41, 5.74) is -2.26. The normalized spacial score (nSPS) is 24.4. The van der Waals surface area contributed by atoms with Gasteiger partial charge in [-0.3, -0.25) is 14.6 Å². The number of likely N-dealkylation sites (tertiary alicyclic amines) is 1. The van der Waals surface area contributed by atoms with E-state index in [4.69, 9.17) is 9.47 Å². The summed E-state index contributed by atoms with van der Waals surface area (Å²) >= 11 is 0. The van der Waals surface area contributed by atoms with Gasteiger partial charge in [0.25, 0.3) is 0 Å². The van der Waals surface area contributed by atoms with E-state index in [9.17, 15) is 24.3 Å². The van der Waals surface area contributed by atoms with Crippen LogP contribution in [0.5, 0.6) is 5.75 Å². The Morgan fingerprint density at radius 3 is 2.43 bits per heavy atom. The lowest BCUT2D eigenvalue weighted by molar-refractivity contribution is -0.146. The van der Waals surface area contributed by atoms with Crippen LogP contribution in [-0.4, -0.2) is 74.7 Å². The second-order valence-corrected chi connectivity index (χ2v) is 13.1. The van der Waals surface area contributed by atoms with Gasteiger partial charge in [-0.25, -0.2) is 9.59 Å². The summed E-state index contributed by atoms with van der Waals surface area (Å²) in [4.78, 5) is 58.4. The molecule has 1 aromatic carbocycles. The standard InChI is InChI=1S/C31H40N4O7/c1-8-18-16-31(18,27(38)39)34-25(36)22-15-19(41-23-13-14-32-21-12-10-9-11-20(21)23)17-35(22)26(37)24(29(2,3)4)33-28(40)42-30(5,6)7/h8-14,18-19,22,24H,1,15-17H2,2-7H3,(H,33,40)(H,34,36)(H,38,39)/t18-,19-,22+,24-,31-/m1/s1. The lowest BCUT2D eigenvalue weighted by Gasteiger charge is -2.35. The molecule has 0 unspecified atom stereocenters. The monoisotopic (exact) mass is 580 g/mol. The predicted molar refractivity (Wildman–Crippen MR) is 156 cm³/mol. The molecule has 1 aromatic heterocycles. The number of carboxylic acids is 1. The maximum atomic E-state index is 14.1. The van der Waals surface area contributed by atoms with Gasteiger partial charge in [0.1, 0.15) is 35.1 Å². The largest absolute Gasteiger partial charge is 0.488 e. The fourth-order valence-electron chi connectivity index (χ4n) is 5.29. The van der Waals surface area contributed by atoms with E-state index < -0.39 is 64.5 Å². The zero-order valence-electron chi connectivity index (χ0n) is 25.0. The number of nitrogens with one attached hydrogen (secondary N) is 2. The maximum Gasteiger partial charge on any atom is 0.408 e. The number of aliphatic carboxylic acids is 1. The summed E-state index contributed by atoms with van der Waals surface area (Å²) in [7, 11) is 0. The number of hydrogen-bond acceptors (Lipinski definition) is 7. The number of fused-ring (bicyclic) bond motifs is 1. The smallest absolute Gasteiger partial charge is 0.408 e. The van der Waals surface area contributed by atoms with Gasteiger partial charge in [-0.1, -0.05) is 39.0 Å². The zero-order valence-corrected chi connectivity index (χ0v) is 25.0. The van der Waals surface area contributed by atoms with Gasteiger partial charge < -0.3 is 30.1 Å². The number of para-hydroxylation sites is 1. The molecule has 2 aromatic rings. The molecule has 4 rings (SSSR count). The van der Waals surface area contributed by atoms with Crippen LogP contribution in [0, 0.1) is 11.3 Å². The molecular formula is C31H40N4O7. The molecule has 1 saturated heterocycles. The Labute approximate surface area is 245 Å². The van der Waals surface area contributed by atoms with Crippen LogP contribution >= 0.6 is 0 Å². The number of rotatable bonds is 8. The fraction of sp³-hybridized carbons (Fsp3) is 0.516. The van der Waals surface area contributed by atoms with E-state index in [-0.39, 0.29) is 19.4 Å². The maximum absolute atomic E-state index is 14.1. The van der Waals surface area contributed by atoms with Crippen LogP contribution in [0.15, 0.2) is 49.2 Å². The summed E-state index contributed by atoms with van der Waals surface area (Å²) in [6.07, 6.45) is 2.11. The van der Waals surface area contributed by atoms with E-state index >= 15 is 0 Å². The minimum absolute atomic E-state index is 0.0428. The van der Waals surface area contributed by atoms with Crippen LogP contribution in [0.3, 0.4) is 0 Å². The van der Waals surface area contributed by atoms with Gasteiger partial charge in [-0.15, -0.1) is 6.58 Å². The molecule has 1 aliphatic carbocycles.